The summed E-state index contributed by atoms with van der Waals surface area (Å²) in [6.07, 6.45) is 2.58. The van der Waals surface area contributed by atoms with Crippen LogP contribution >= 0.6 is 0 Å². The van der Waals surface area contributed by atoms with Gasteiger partial charge in [0.15, 0.2) is 17.5 Å². The molecule has 7 heteroatoms. The van der Waals surface area contributed by atoms with Gasteiger partial charge in [-0.2, -0.15) is 0 Å². The fourth-order valence-electron chi connectivity index (χ4n) is 2.88. The normalized spacial score (nSPS) is 14.3. The molecule has 0 amide bonds. The van der Waals surface area contributed by atoms with Crippen LogP contribution in [0.5, 0.6) is 11.5 Å². The molecule has 0 unspecified atom stereocenters. The highest BCUT2D eigenvalue weighted by Gasteiger charge is 2.28. The van der Waals surface area contributed by atoms with Crippen molar-refractivity contribution in [3.63, 3.8) is 0 Å². The van der Waals surface area contributed by atoms with Crippen LogP contribution in [-0.4, -0.2) is 70.5 Å². The molecule has 27 heavy (non-hydrogen) atoms. The predicted molar refractivity (Wildman–Crippen MR) is 110 cm³/mol. The third-order valence-electron chi connectivity index (χ3n) is 4.37. The van der Waals surface area contributed by atoms with E-state index in [1.54, 1.807) is 14.2 Å². The predicted octanol–water partition coefficient (Wildman–Crippen LogP) is 2.58. The van der Waals surface area contributed by atoms with Crippen molar-refractivity contribution < 1.29 is 14.2 Å². The number of anilines is 1. The lowest BCUT2D eigenvalue weighted by molar-refractivity contribution is 0.145. The summed E-state index contributed by atoms with van der Waals surface area (Å²) in [5.41, 5.74) is 0.914. The molecule has 1 aromatic rings. The number of ether oxygens (including phenoxy) is 3. The molecule has 0 radical (unpaired) electrons. The quantitative estimate of drug-likeness (QED) is 0.430. The Balaban J connectivity index is 1.97. The molecule has 0 bridgehead atoms. The van der Waals surface area contributed by atoms with E-state index < -0.39 is 0 Å². The molecule has 0 aromatic heterocycles. The van der Waals surface area contributed by atoms with Crippen LogP contribution < -0.4 is 20.1 Å². The van der Waals surface area contributed by atoms with Gasteiger partial charge in [-0.3, -0.25) is 9.89 Å². The molecular formula is C20H34N4O3. The number of methoxy groups -OCH3 is 2. The summed E-state index contributed by atoms with van der Waals surface area (Å²) in [7, 11) is 3.40. The maximum atomic E-state index is 5.65. The van der Waals surface area contributed by atoms with Crippen molar-refractivity contribution in [2.75, 3.05) is 58.9 Å². The molecule has 152 valence electrons. The van der Waals surface area contributed by atoms with Gasteiger partial charge >= 0.3 is 0 Å². The van der Waals surface area contributed by atoms with Gasteiger partial charge < -0.3 is 24.8 Å². The van der Waals surface area contributed by atoms with E-state index in [1.165, 1.54) is 12.8 Å². The Morgan fingerprint density at radius 3 is 2.63 bits per heavy atom. The van der Waals surface area contributed by atoms with Crippen molar-refractivity contribution in [2.24, 2.45) is 4.99 Å². The number of aliphatic imine (C=N–C) groups is 1. The monoisotopic (exact) mass is 378 g/mol. The Hall–Kier alpha value is -1.99. The van der Waals surface area contributed by atoms with Gasteiger partial charge in [0.1, 0.15) is 0 Å². The molecule has 2 rings (SSSR count). The number of guanidine groups is 1. The molecule has 1 saturated carbocycles. The summed E-state index contributed by atoms with van der Waals surface area (Å²) in [4.78, 5) is 7.19. The van der Waals surface area contributed by atoms with E-state index in [0.29, 0.717) is 12.6 Å². The minimum Gasteiger partial charge on any atom is -0.493 e. The van der Waals surface area contributed by atoms with Crippen molar-refractivity contribution >= 4 is 11.6 Å². The van der Waals surface area contributed by atoms with Gasteiger partial charge in [-0.05, 0) is 38.8 Å². The smallest absolute Gasteiger partial charge is 0.195 e. The molecule has 0 spiro atoms. The molecule has 0 saturated heterocycles. The maximum absolute atomic E-state index is 5.65. The lowest BCUT2D eigenvalue weighted by Crippen LogP contribution is -2.34. The van der Waals surface area contributed by atoms with Gasteiger partial charge in [-0.1, -0.05) is 0 Å². The van der Waals surface area contributed by atoms with E-state index in [-0.39, 0.29) is 0 Å². The highest BCUT2D eigenvalue weighted by Crippen LogP contribution is 2.30. The van der Waals surface area contributed by atoms with Gasteiger partial charge in [0.2, 0.25) is 0 Å². The van der Waals surface area contributed by atoms with Crippen LogP contribution in [0.15, 0.2) is 23.2 Å². The molecule has 0 aliphatic heterocycles. The molecule has 1 aliphatic carbocycles. The van der Waals surface area contributed by atoms with Crippen LogP contribution in [0.3, 0.4) is 0 Å². The van der Waals surface area contributed by atoms with Crippen LogP contribution in [0.2, 0.25) is 0 Å². The first kappa shape index (κ1) is 21.3. The van der Waals surface area contributed by atoms with Crippen molar-refractivity contribution in [1.82, 2.24) is 10.2 Å². The third-order valence-corrected chi connectivity index (χ3v) is 4.37. The standard InChI is InChI=1S/C20H34N4O3/c1-5-21-20(22-11-12-24(13-14-25-3)17-8-9-17)23-16-7-10-18(26-4)19(15-16)27-6-2/h7,10,15,17H,5-6,8-9,11-14H2,1-4H3,(H2,21,22,23). The van der Waals surface area contributed by atoms with Crippen molar-refractivity contribution in [3.05, 3.63) is 18.2 Å². The van der Waals surface area contributed by atoms with E-state index in [1.807, 2.05) is 25.1 Å². The molecule has 0 atom stereocenters. The van der Waals surface area contributed by atoms with Crippen LogP contribution in [-0.2, 0) is 4.74 Å². The van der Waals surface area contributed by atoms with Crippen molar-refractivity contribution in [1.29, 1.82) is 0 Å². The average molecular weight is 379 g/mol. The zero-order valence-corrected chi connectivity index (χ0v) is 17.1. The van der Waals surface area contributed by atoms with E-state index in [0.717, 1.165) is 55.9 Å². The highest BCUT2D eigenvalue weighted by molar-refractivity contribution is 5.93. The zero-order chi connectivity index (χ0) is 19.5. The fraction of sp³-hybridized carbons (Fsp3) is 0.650. The van der Waals surface area contributed by atoms with Gasteiger partial charge in [-0.15, -0.1) is 0 Å². The lowest BCUT2D eigenvalue weighted by Gasteiger charge is -2.20. The second-order valence-corrected chi connectivity index (χ2v) is 6.44. The van der Waals surface area contributed by atoms with Crippen molar-refractivity contribution in [2.45, 2.75) is 32.7 Å². The molecule has 2 N–H and O–H groups in total. The fourth-order valence-corrected chi connectivity index (χ4v) is 2.88. The Labute approximate surface area is 163 Å². The number of hydrogen-bond donors (Lipinski definition) is 2. The minimum atomic E-state index is 0.590. The van der Waals surface area contributed by atoms with E-state index >= 15 is 0 Å². The van der Waals surface area contributed by atoms with Gasteiger partial charge in [0, 0.05) is 44.5 Å². The molecule has 0 heterocycles. The Morgan fingerprint density at radius 2 is 2.00 bits per heavy atom. The maximum Gasteiger partial charge on any atom is 0.195 e. The number of benzene rings is 1. The topological polar surface area (TPSA) is 67.4 Å². The highest BCUT2D eigenvalue weighted by atomic mass is 16.5. The van der Waals surface area contributed by atoms with E-state index in [9.17, 15) is 0 Å². The van der Waals surface area contributed by atoms with Crippen LogP contribution in [0.4, 0.5) is 5.69 Å². The molecule has 1 aromatic carbocycles. The number of nitrogens with zero attached hydrogens (tertiary/aromatic N) is 2. The summed E-state index contributed by atoms with van der Waals surface area (Å²) < 4.78 is 16.2. The first-order valence-electron chi connectivity index (χ1n) is 9.80. The summed E-state index contributed by atoms with van der Waals surface area (Å²) in [6.45, 7) is 8.83. The zero-order valence-electron chi connectivity index (χ0n) is 17.1. The number of rotatable bonds is 12. The van der Waals surface area contributed by atoms with Gasteiger partial charge in [0.05, 0.1) is 26.9 Å². The van der Waals surface area contributed by atoms with Crippen molar-refractivity contribution in [3.8, 4) is 11.5 Å². The van der Waals surface area contributed by atoms with Crippen LogP contribution in [0.1, 0.15) is 26.7 Å². The molecule has 1 aliphatic rings. The SMILES string of the molecule is CCNC(=NCCN(CCOC)C1CC1)Nc1ccc(OC)c(OCC)c1. The van der Waals surface area contributed by atoms with Gasteiger partial charge in [-0.25, -0.2) is 0 Å². The molecule has 7 nitrogen and oxygen atoms in total. The Kier molecular flexibility index (Phi) is 9.21. The molecule has 1 fully saturated rings. The average Bonchev–Trinajstić information content (AvgIpc) is 3.50. The first-order chi connectivity index (χ1) is 13.2. The Morgan fingerprint density at radius 1 is 1.19 bits per heavy atom. The van der Waals surface area contributed by atoms with Crippen LogP contribution in [0, 0.1) is 0 Å². The number of hydrogen-bond acceptors (Lipinski definition) is 5. The van der Waals surface area contributed by atoms with Gasteiger partial charge in [0.25, 0.3) is 0 Å². The third kappa shape index (κ3) is 7.27. The molecular weight excluding hydrogens is 344 g/mol. The summed E-state index contributed by atoms with van der Waals surface area (Å²) >= 11 is 0. The van der Waals surface area contributed by atoms with Crippen LogP contribution in [0.25, 0.3) is 0 Å². The lowest BCUT2D eigenvalue weighted by atomic mass is 10.2. The Bertz CT molecular complexity index is 591. The summed E-state index contributed by atoms with van der Waals surface area (Å²) in [6, 6.07) is 6.51. The first-order valence-corrected chi connectivity index (χ1v) is 9.80. The van der Waals surface area contributed by atoms with E-state index in [2.05, 4.69) is 22.5 Å². The number of nitrogens with one attached hydrogen (secondary N) is 2. The van der Waals surface area contributed by atoms with E-state index in [4.69, 9.17) is 19.2 Å². The second kappa shape index (κ2) is 11.7. The second-order valence-electron chi connectivity index (χ2n) is 6.44. The minimum absolute atomic E-state index is 0.590. The summed E-state index contributed by atoms with van der Waals surface area (Å²) in [5, 5.41) is 6.65. The summed E-state index contributed by atoms with van der Waals surface area (Å²) in [5.74, 6) is 2.22. The largest absolute Gasteiger partial charge is 0.493 e.